The van der Waals surface area contributed by atoms with Crippen molar-refractivity contribution in [3.05, 3.63) is 36.3 Å². The molecule has 134 valence electrons. The van der Waals surface area contributed by atoms with Gasteiger partial charge >= 0.3 is 0 Å². The van der Waals surface area contributed by atoms with Gasteiger partial charge in [0.05, 0.1) is 14.2 Å². The number of likely N-dealkylation sites (N-methyl/N-ethyl adjacent to an activating group) is 1. The predicted molar refractivity (Wildman–Crippen MR) is 95.7 cm³/mol. The summed E-state index contributed by atoms with van der Waals surface area (Å²) in [7, 11) is 7.04. The number of nitrogens with one attached hydrogen (secondary N) is 2. The minimum Gasteiger partial charge on any atom is -0.493 e. The molecule has 2 rings (SSSR count). The van der Waals surface area contributed by atoms with Crippen LogP contribution in [0, 0.1) is 0 Å². The highest BCUT2D eigenvalue weighted by molar-refractivity contribution is 5.92. The van der Waals surface area contributed by atoms with Crippen LogP contribution in [0.5, 0.6) is 11.5 Å². The first-order valence-corrected chi connectivity index (χ1v) is 7.77. The summed E-state index contributed by atoms with van der Waals surface area (Å²) in [4.78, 5) is 22.3. The smallest absolute Gasteiger partial charge is 0.270 e. The maximum absolute atomic E-state index is 12.1. The zero-order chi connectivity index (χ0) is 18.2. The first-order valence-electron chi connectivity index (χ1n) is 7.77. The molecule has 2 N–H and O–H groups in total. The van der Waals surface area contributed by atoms with Crippen LogP contribution in [0.4, 0.5) is 11.5 Å². The Morgan fingerprint density at radius 1 is 1.12 bits per heavy atom. The molecular weight excluding hydrogens is 322 g/mol. The molecule has 8 nitrogen and oxygen atoms in total. The number of aromatic nitrogens is 2. The van der Waals surface area contributed by atoms with Crippen LogP contribution in [0.25, 0.3) is 0 Å². The van der Waals surface area contributed by atoms with Gasteiger partial charge in [0.1, 0.15) is 17.8 Å². The summed E-state index contributed by atoms with van der Waals surface area (Å²) < 4.78 is 10.5. The lowest BCUT2D eigenvalue weighted by molar-refractivity contribution is 0.0946. The molecule has 0 bridgehead atoms. The highest BCUT2D eigenvalue weighted by atomic mass is 16.5. The Morgan fingerprint density at radius 2 is 1.88 bits per heavy atom. The van der Waals surface area contributed by atoms with Gasteiger partial charge in [-0.1, -0.05) is 0 Å². The molecule has 0 fully saturated rings. The lowest BCUT2D eigenvalue weighted by Gasteiger charge is -2.12. The molecule has 0 atom stereocenters. The number of anilines is 2. The van der Waals surface area contributed by atoms with Gasteiger partial charge in [-0.15, -0.1) is 0 Å². The molecule has 1 aromatic carbocycles. The van der Waals surface area contributed by atoms with E-state index < -0.39 is 0 Å². The van der Waals surface area contributed by atoms with Crippen LogP contribution >= 0.6 is 0 Å². The van der Waals surface area contributed by atoms with Gasteiger partial charge in [0, 0.05) is 30.9 Å². The third-order valence-corrected chi connectivity index (χ3v) is 3.40. The quantitative estimate of drug-likeness (QED) is 0.750. The lowest BCUT2D eigenvalue weighted by Crippen LogP contribution is -2.31. The zero-order valence-electron chi connectivity index (χ0n) is 14.9. The minimum atomic E-state index is -0.236. The highest BCUT2D eigenvalue weighted by Gasteiger charge is 2.10. The lowest BCUT2D eigenvalue weighted by atomic mass is 10.2. The van der Waals surface area contributed by atoms with Crippen molar-refractivity contribution >= 4 is 17.4 Å². The van der Waals surface area contributed by atoms with E-state index in [9.17, 15) is 4.79 Å². The average molecular weight is 345 g/mol. The number of hydrogen-bond acceptors (Lipinski definition) is 7. The molecule has 1 heterocycles. The normalized spacial score (nSPS) is 10.4. The van der Waals surface area contributed by atoms with E-state index in [4.69, 9.17) is 9.47 Å². The number of ether oxygens (including phenoxy) is 2. The first-order chi connectivity index (χ1) is 12.0. The van der Waals surface area contributed by atoms with Crippen molar-refractivity contribution < 1.29 is 14.3 Å². The number of rotatable bonds is 8. The van der Waals surface area contributed by atoms with Crippen LogP contribution in [0.3, 0.4) is 0 Å². The molecule has 0 aliphatic heterocycles. The van der Waals surface area contributed by atoms with E-state index in [0.29, 0.717) is 29.6 Å². The van der Waals surface area contributed by atoms with Crippen molar-refractivity contribution in [3.8, 4) is 11.5 Å². The average Bonchev–Trinajstić information content (AvgIpc) is 2.61. The summed E-state index contributed by atoms with van der Waals surface area (Å²) in [6.45, 7) is 1.31. The van der Waals surface area contributed by atoms with E-state index >= 15 is 0 Å². The topological polar surface area (TPSA) is 88.6 Å². The third-order valence-electron chi connectivity index (χ3n) is 3.40. The summed E-state index contributed by atoms with van der Waals surface area (Å²) in [5.74, 6) is 1.51. The Hall–Kier alpha value is -2.87. The molecule has 0 aliphatic rings. The fourth-order valence-electron chi connectivity index (χ4n) is 2.10. The maximum atomic E-state index is 12.1. The number of carbonyl (C=O) groups is 1. The number of carbonyl (C=O) groups excluding carboxylic acids is 1. The van der Waals surface area contributed by atoms with Crippen molar-refractivity contribution in [2.45, 2.75) is 0 Å². The van der Waals surface area contributed by atoms with Gasteiger partial charge in [0.2, 0.25) is 0 Å². The summed E-state index contributed by atoms with van der Waals surface area (Å²) in [5, 5.41) is 5.94. The summed E-state index contributed by atoms with van der Waals surface area (Å²) in [6.07, 6.45) is 1.35. The Balaban J connectivity index is 2.07. The molecule has 0 radical (unpaired) electrons. The standard InChI is InChI=1S/C17H23N5O3/c1-22(2)8-7-18-17(23)13-10-16(20-11-19-13)21-12-5-6-14(24-3)15(9-12)25-4/h5-6,9-11H,7-8H2,1-4H3,(H,18,23)(H,19,20,21). The van der Waals surface area contributed by atoms with Crippen molar-refractivity contribution in [3.63, 3.8) is 0 Å². The third kappa shape index (κ3) is 5.32. The van der Waals surface area contributed by atoms with Crippen LogP contribution < -0.4 is 20.1 Å². The van der Waals surface area contributed by atoms with E-state index in [1.807, 2.05) is 25.1 Å². The fourth-order valence-corrected chi connectivity index (χ4v) is 2.10. The molecule has 8 heteroatoms. The number of hydrogen-bond donors (Lipinski definition) is 2. The molecular formula is C17H23N5O3. The predicted octanol–water partition coefficient (Wildman–Crippen LogP) is 1.53. The number of methoxy groups -OCH3 is 2. The molecule has 1 aromatic heterocycles. The van der Waals surface area contributed by atoms with E-state index in [1.54, 1.807) is 32.4 Å². The van der Waals surface area contributed by atoms with Gasteiger partial charge in [0.15, 0.2) is 11.5 Å². The zero-order valence-corrected chi connectivity index (χ0v) is 14.9. The Bertz CT molecular complexity index is 721. The first kappa shape index (κ1) is 18.5. The van der Waals surface area contributed by atoms with Gasteiger partial charge in [-0.05, 0) is 26.2 Å². The van der Waals surface area contributed by atoms with Gasteiger partial charge in [-0.2, -0.15) is 0 Å². The molecule has 1 amide bonds. The number of benzene rings is 1. The second-order valence-electron chi connectivity index (χ2n) is 5.54. The van der Waals surface area contributed by atoms with Gasteiger partial charge in [0.25, 0.3) is 5.91 Å². The molecule has 2 aromatic rings. The van der Waals surface area contributed by atoms with Crippen LogP contribution in [-0.2, 0) is 0 Å². The van der Waals surface area contributed by atoms with Gasteiger partial charge in [-0.25, -0.2) is 9.97 Å². The summed E-state index contributed by atoms with van der Waals surface area (Å²) in [5.41, 5.74) is 1.06. The van der Waals surface area contributed by atoms with Crippen LogP contribution in [0.15, 0.2) is 30.6 Å². The van der Waals surface area contributed by atoms with E-state index in [-0.39, 0.29) is 5.91 Å². The van der Waals surface area contributed by atoms with Crippen LogP contribution in [-0.4, -0.2) is 62.2 Å². The molecule has 0 saturated heterocycles. The van der Waals surface area contributed by atoms with Gasteiger partial charge < -0.3 is 25.0 Å². The summed E-state index contributed by atoms with van der Waals surface area (Å²) >= 11 is 0. The van der Waals surface area contributed by atoms with Crippen LogP contribution in [0.2, 0.25) is 0 Å². The van der Waals surface area contributed by atoms with Crippen molar-refractivity contribution in [2.24, 2.45) is 0 Å². The SMILES string of the molecule is COc1ccc(Nc2cc(C(=O)NCCN(C)C)ncn2)cc1OC. The Kier molecular flexibility index (Phi) is 6.53. The maximum Gasteiger partial charge on any atom is 0.270 e. The Labute approximate surface area is 147 Å². The summed E-state index contributed by atoms with van der Waals surface area (Å²) in [6, 6.07) is 7.01. The van der Waals surface area contributed by atoms with Crippen LogP contribution in [0.1, 0.15) is 10.5 Å². The fraction of sp³-hybridized carbons (Fsp3) is 0.353. The monoisotopic (exact) mass is 345 g/mol. The molecule has 0 spiro atoms. The number of amides is 1. The number of nitrogens with zero attached hydrogens (tertiary/aromatic N) is 3. The molecule has 25 heavy (non-hydrogen) atoms. The second kappa shape index (κ2) is 8.84. The highest BCUT2D eigenvalue weighted by Crippen LogP contribution is 2.30. The van der Waals surface area contributed by atoms with E-state index in [2.05, 4.69) is 20.6 Å². The second-order valence-corrected chi connectivity index (χ2v) is 5.54. The molecule has 0 aliphatic carbocycles. The molecule has 0 unspecified atom stereocenters. The largest absolute Gasteiger partial charge is 0.493 e. The van der Waals surface area contributed by atoms with E-state index in [1.165, 1.54) is 6.33 Å². The molecule has 0 saturated carbocycles. The van der Waals surface area contributed by atoms with E-state index in [0.717, 1.165) is 12.2 Å². The minimum absolute atomic E-state index is 0.236. The van der Waals surface area contributed by atoms with Crippen molar-refractivity contribution in [2.75, 3.05) is 46.7 Å². The van der Waals surface area contributed by atoms with Gasteiger partial charge in [-0.3, -0.25) is 4.79 Å². The Morgan fingerprint density at radius 3 is 2.56 bits per heavy atom. The van der Waals surface area contributed by atoms with Crippen molar-refractivity contribution in [1.82, 2.24) is 20.2 Å². The van der Waals surface area contributed by atoms with Crippen molar-refractivity contribution in [1.29, 1.82) is 0 Å².